The largest absolute Gasteiger partial charge is 0.480 e. The number of amides is 1. The van der Waals surface area contributed by atoms with Crippen molar-refractivity contribution < 1.29 is 32.6 Å². The summed E-state index contributed by atoms with van der Waals surface area (Å²) in [6.45, 7) is 0.368. The molecule has 1 saturated heterocycles. The number of carbonyl (C=O) groups excluding carboxylic acids is 1. The molecule has 2 N–H and O–H groups in total. The number of benzene rings is 1. The highest BCUT2D eigenvalue weighted by atomic mass is 19.4. The van der Waals surface area contributed by atoms with Gasteiger partial charge in [0.05, 0.1) is 17.4 Å². The summed E-state index contributed by atoms with van der Waals surface area (Å²) in [6, 6.07) is 4.37. The van der Waals surface area contributed by atoms with Crippen molar-refractivity contribution in [2.24, 2.45) is 0 Å². The topological polar surface area (TPSA) is 106 Å². The number of nitrogens with zero attached hydrogens (tertiary/aromatic N) is 3. The normalized spacial score (nSPS) is 16.7. The molecule has 1 aliphatic heterocycles. The van der Waals surface area contributed by atoms with E-state index in [1.54, 1.807) is 0 Å². The number of halogens is 3. The minimum Gasteiger partial charge on any atom is -0.480 e. The van der Waals surface area contributed by atoms with Crippen molar-refractivity contribution in [2.45, 2.75) is 24.6 Å². The van der Waals surface area contributed by atoms with Crippen LogP contribution < -0.4 is 5.32 Å². The van der Waals surface area contributed by atoms with Gasteiger partial charge in [0, 0.05) is 26.1 Å². The van der Waals surface area contributed by atoms with Crippen LogP contribution in [0.25, 0.3) is 5.69 Å². The molecule has 1 aromatic heterocycles. The minimum atomic E-state index is -4.52. The summed E-state index contributed by atoms with van der Waals surface area (Å²) in [5, 5.41) is 19.2. The van der Waals surface area contributed by atoms with Gasteiger partial charge in [-0.1, -0.05) is 11.3 Å². The van der Waals surface area contributed by atoms with Gasteiger partial charge < -0.3 is 15.2 Å². The number of hydrogen-bond acceptors (Lipinski definition) is 5. The molecule has 1 aromatic carbocycles. The third-order valence-corrected chi connectivity index (χ3v) is 4.27. The molecule has 0 saturated carbocycles. The maximum Gasteiger partial charge on any atom is 0.416 e. The molecule has 1 fully saturated rings. The second-order valence-corrected chi connectivity index (χ2v) is 6.05. The Hall–Kier alpha value is -2.95. The quantitative estimate of drug-likeness (QED) is 0.830. The lowest BCUT2D eigenvalue weighted by Gasteiger charge is -2.33. The van der Waals surface area contributed by atoms with Gasteiger partial charge in [-0.25, -0.2) is 9.48 Å². The Morgan fingerprint density at radius 1 is 1.26 bits per heavy atom. The molecule has 0 bridgehead atoms. The van der Waals surface area contributed by atoms with Crippen molar-refractivity contribution in [3.63, 3.8) is 0 Å². The van der Waals surface area contributed by atoms with Crippen molar-refractivity contribution >= 4 is 11.9 Å². The smallest absolute Gasteiger partial charge is 0.416 e. The second kappa shape index (κ2) is 6.99. The van der Waals surface area contributed by atoms with Crippen molar-refractivity contribution in [1.82, 2.24) is 20.3 Å². The molecule has 0 unspecified atom stereocenters. The van der Waals surface area contributed by atoms with E-state index in [4.69, 9.17) is 4.74 Å². The molecular formula is C16H15F3N4O4. The van der Waals surface area contributed by atoms with Crippen LogP contribution in [0.15, 0.2) is 30.5 Å². The van der Waals surface area contributed by atoms with Crippen LogP contribution in [0.1, 0.15) is 28.9 Å². The fraction of sp³-hybridized carbons (Fsp3) is 0.375. The average Bonchev–Trinajstić information content (AvgIpc) is 3.12. The predicted octanol–water partition coefficient (Wildman–Crippen LogP) is 1.65. The van der Waals surface area contributed by atoms with E-state index < -0.39 is 29.2 Å². The van der Waals surface area contributed by atoms with Crippen molar-refractivity contribution in [3.8, 4) is 5.69 Å². The van der Waals surface area contributed by atoms with E-state index in [9.17, 15) is 27.9 Å². The zero-order valence-corrected chi connectivity index (χ0v) is 13.9. The number of carbonyl (C=O) groups is 2. The summed E-state index contributed by atoms with van der Waals surface area (Å²) < 4.78 is 44.6. The zero-order valence-electron chi connectivity index (χ0n) is 13.9. The van der Waals surface area contributed by atoms with E-state index in [1.165, 1.54) is 12.1 Å². The molecule has 2 aromatic rings. The first-order valence-corrected chi connectivity index (χ1v) is 7.95. The van der Waals surface area contributed by atoms with Crippen LogP contribution in [0.3, 0.4) is 0 Å². The van der Waals surface area contributed by atoms with Gasteiger partial charge in [0.1, 0.15) is 5.54 Å². The predicted molar refractivity (Wildman–Crippen MR) is 84.2 cm³/mol. The van der Waals surface area contributed by atoms with Gasteiger partial charge >= 0.3 is 12.1 Å². The lowest BCUT2D eigenvalue weighted by molar-refractivity contribution is -0.148. The molecule has 27 heavy (non-hydrogen) atoms. The first kappa shape index (κ1) is 18.8. The molecule has 0 radical (unpaired) electrons. The van der Waals surface area contributed by atoms with E-state index in [1.807, 2.05) is 0 Å². The van der Waals surface area contributed by atoms with Crippen molar-refractivity contribution in [3.05, 3.63) is 41.7 Å². The van der Waals surface area contributed by atoms with Gasteiger partial charge in [-0.3, -0.25) is 4.79 Å². The lowest BCUT2D eigenvalue weighted by Crippen LogP contribution is -2.57. The third-order valence-electron chi connectivity index (χ3n) is 4.27. The lowest BCUT2D eigenvalue weighted by atomic mass is 9.90. The van der Waals surface area contributed by atoms with E-state index in [-0.39, 0.29) is 37.4 Å². The molecule has 3 rings (SSSR count). The number of carboxylic acids is 1. The van der Waals surface area contributed by atoms with Gasteiger partial charge in [0.25, 0.3) is 5.91 Å². The number of hydrogen-bond donors (Lipinski definition) is 2. The van der Waals surface area contributed by atoms with Gasteiger partial charge in [-0.15, -0.1) is 5.10 Å². The zero-order chi connectivity index (χ0) is 19.7. The van der Waals surface area contributed by atoms with Gasteiger partial charge in [0.15, 0.2) is 5.69 Å². The molecule has 0 aliphatic carbocycles. The highest BCUT2D eigenvalue weighted by Gasteiger charge is 2.42. The number of aromatic nitrogens is 3. The first-order valence-electron chi connectivity index (χ1n) is 7.95. The van der Waals surface area contributed by atoms with Crippen LogP contribution in [0.4, 0.5) is 13.2 Å². The molecule has 11 heteroatoms. The Bertz CT molecular complexity index is 859. The third kappa shape index (κ3) is 3.92. The summed E-state index contributed by atoms with van der Waals surface area (Å²) in [5.74, 6) is -1.97. The maximum absolute atomic E-state index is 12.8. The van der Waals surface area contributed by atoms with Crippen LogP contribution >= 0.6 is 0 Å². The van der Waals surface area contributed by atoms with Gasteiger partial charge in [-0.05, 0) is 18.2 Å². The SMILES string of the molecule is O=C(NC1(C(=O)O)CCOCC1)c1cn(-c2cccc(C(F)(F)F)c2)nn1. The molecule has 8 nitrogen and oxygen atoms in total. The summed E-state index contributed by atoms with van der Waals surface area (Å²) in [6.07, 6.45) is -3.20. The van der Waals surface area contributed by atoms with Crippen molar-refractivity contribution in [2.75, 3.05) is 13.2 Å². The summed E-state index contributed by atoms with van der Waals surface area (Å²) in [7, 11) is 0. The number of carboxylic acid groups (broad SMARTS) is 1. The average molecular weight is 384 g/mol. The molecule has 2 heterocycles. The maximum atomic E-state index is 12.8. The number of aliphatic carboxylic acids is 1. The molecule has 1 aliphatic rings. The molecule has 144 valence electrons. The Morgan fingerprint density at radius 3 is 2.59 bits per heavy atom. The summed E-state index contributed by atoms with van der Waals surface area (Å²) in [5.41, 5.74) is -2.49. The Kier molecular flexibility index (Phi) is 4.87. The molecular weight excluding hydrogens is 369 g/mol. The minimum absolute atomic E-state index is 0.0652. The Labute approximate surface area is 150 Å². The number of ether oxygens (including phenoxy) is 1. The van der Waals surface area contributed by atoms with Gasteiger partial charge in [-0.2, -0.15) is 13.2 Å². The summed E-state index contributed by atoms with van der Waals surface area (Å²) in [4.78, 5) is 24.0. The second-order valence-electron chi connectivity index (χ2n) is 6.05. The van der Waals surface area contributed by atoms with E-state index in [2.05, 4.69) is 15.6 Å². The van der Waals surface area contributed by atoms with Crippen LogP contribution in [0, 0.1) is 0 Å². The summed E-state index contributed by atoms with van der Waals surface area (Å²) >= 11 is 0. The fourth-order valence-electron chi connectivity index (χ4n) is 2.71. The van der Waals surface area contributed by atoms with E-state index in [0.717, 1.165) is 23.0 Å². The van der Waals surface area contributed by atoms with Crippen LogP contribution in [-0.2, 0) is 15.7 Å². The van der Waals surface area contributed by atoms with Crippen molar-refractivity contribution in [1.29, 1.82) is 0 Å². The van der Waals surface area contributed by atoms with Gasteiger partial charge in [0.2, 0.25) is 0 Å². The van der Waals surface area contributed by atoms with Crippen LogP contribution in [-0.4, -0.2) is 50.7 Å². The standard InChI is InChI=1S/C16H15F3N4O4/c17-16(18,19)10-2-1-3-11(8-10)23-9-12(21-22-23)13(24)20-15(14(25)26)4-6-27-7-5-15/h1-3,8-9H,4-7H2,(H,20,24)(H,25,26). The molecule has 0 atom stereocenters. The monoisotopic (exact) mass is 384 g/mol. The number of alkyl halides is 3. The highest BCUT2D eigenvalue weighted by molar-refractivity contribution is 5.96. The van der Waals surface area contributed by atoms with Crippen LogP contribution in [0.2, 0.25) is 0 Å². The fourth-order valence-corrected chi connectivity index (χ4v) is 2.71. The Morgan fingerprint density at radius 2 is 1.96 bits per heavy atom. The first-order chi connectivity index (χ1) is 12.7. The van der Waals surface area contributed by atoms with E-state index in [0.29, 0.717) is 0 Å². The molecule has 1 amide bonds. The van der Waals surface area contributed by atoms with E-state index >= 15 is 0 Å². The van der Waals surface area contributed by atoms with Crippen LogP contribution in [0.5, 0.6) is 0 Å². The highest BCUT2D eigenvalue weighted by Crippen LogP contribution is 2.30. The Balaban J connectivity index is 1.81. The number of nitrogens with one attached hydrogen (secondary N) is 1. The number of rotatable bonds is 4. The molecule has 0 spiro atoms.